The molecular weight excluding hydrogens is 625 g/mol. The minimum absolute atomic E-state index is 0.0121. The molecule has 0 amide bonds. The van der Waals surface area contributed by atoms with Crippen molar-refractivity contribution >= 4 is 19.4 Å². The molecule has 1 aliphatic rings. The molecule has 0 radical (unpaired) electrons. The van der Waals surface area contributed by atoms with Crippen LogP contribution in [0.2, 0.25) is 5.02 Å². The molecule has 2 heterocycles. The number of aromatic amines is 1. The Bertz CT molecular complexity index is 1440. The Hall–Kier alpha value is -2.63. The van der Waals surface area contributed by atoms with Crippen LogP contribution in [0.5, 0.6) is 5.75 Å². The minimum Gasteiger partial charge on any atom is -0.402 e. The van der Waals surface area contributed by atoms with E-state index in [9.17, 15) is 14.2 Å². The van der Waals surface area contributed by atoms with Crippen LogP contribution in [0, 0.1) is 6.92 Å². The fraction of sp³-hybridized carbons (Fsp3) is 0.667. The third kappa shape index (κ3) is 12.6. The second kappa shape index (κ2) is 19.8. The average molecular weight is 671 g/mol. The zero-order valence-corrected chi connectivity index (χ0v) is 27.6. The smallest absolute Gasteiger partial charge is 0.402 e. The van der Waals surface area contributed by atoms with Gasteiger partial charge in [-0.15, -0.1) is 0 Å². The fourth-order valence-electron chi connectivity index (χ4n) is 4.85. The van der Waals surface area contributed by atoms with E-state index in [0.29, 0.717) is 6.61 Å². The Kier molecular flexibility index (Phi) is 15.5. The summed E-state index contributed by atoms with van der Waals surface area (Å²) in [5.74, 6) is 0.0121. The predicted molar refractivity (Wildman–Crippen MR) is 172 cm³/mol. The van der Waals surface area contributed by atoms with Gasteiger partial charge < -0.3 is 14.0 Å². The lowest BCUT2D eigenvalue weighted by Gasteiger charge is -2.22. The first-order chi connectivity index (χ1) is 22.2. The van der Waals surface area contributed by atoms with Crippen LogP contribution in [-0.4, -0.2) is 48.1 Å². The molecular formula is C30H45ClN5O8P. The number of unbranched alkanes of at least 4 members (excludes halogenated alkanes) is 9. The SMILES string of the molecule is [2H]C(COCCCCCCCCCCCC)OP(=O)(OC[C@H]1O[C@@H](n2cc(C)c(=O)[nH]c2=O)C[C@@H]1N=[N+]=[N-])Oc1ccccc1Cl. The highest BCUT2D eigenvalue weighted by atomic mass is 35.5. The number of phosphoric ester groups is 1. The first-order valence-electron chi connectivity index (χ1n) is 16.1. The maximum absolute atomic E-state index is 13.8. The van der Waals surface area contributed by atoms with Crippen molar-refractivity contribution in [2.45, 2.75) is 103 Å². The molecule has 13 nitrogen and oxygen atoms in total. The number of azide groups is 1. The van der Waals surface area contributed by atoms with Crippen LogP contribution >= 0.6 is 19.4 Å². The Morgan fingerprint density at radius 2 is 1.80 bits per heavy atom. The maximum atomic E-state index is 13.8. The number of halogens is 1. The van der Waals surface area contributed by atoms with Crippen LogP contribution in [-0.2, 0) is 23.1 Å². The van der Waals surface area contributed by atoms with Gasteiger partial charge in [-0.3, -0.25) is 23.4 Å². The van der Waals surface area contributed by atoms with Gasteiger partial charge in [-0.1, -0.05) is 93.6 Å². The van der Waals surface area contributed by atoms with Gasteiger partial charge >= 0.3 is 13.5 Å². The number of nitrogens with one attached hydrogen (secondary N) is 1. The Morgan fingerprint density at radius 3 is 2.49 bits per heavy atom. The summed E-state index contributed by atoms with van der Waals surface area (Å²) in [6.45, 7) is 2.16. The van der Waals surface area contributed by atoms with Gasteiger partial charge in [0.05, 0.1) is 38.3 Å². The summed E-state index contributed by atoms with van der Waals surface area (Å²) in [6.07, 6.45) is 11.4. The number of para-hydroxylation sites is 1. The number of phosphoric acid groups is 1. The molecule has 5 atom stereocenters. The number of rotatable bonds is 22. The summed E-state index contributed by atoms with van der Waals surface area (Å²) in [5.41, 5.74) is 8.16. The second-order valence-corrected chi connectivity index (χ2v) is 12.9. The van der Waals surface area contributed by atoms with E-state index in [4.69, 9.17) is 41.5 Å². The fourth-order valence-corrected chi connectivity index (χ4v) is 6.21. The van der Waals surface area contributed by atoms with Gasteiger partial charge in [0.15, 0.2) is 0 Å². The Balaban J connectivity index is 1.55. The largest absolute Gasteiger partial charge is 0.530 e. The van der Waals surface area contributed by atoms with Crippen LogP contribution in [0.15, 0.2) is 45.2 Å². The molecule has 1 N–H and O–H groups in total. The van der Waals surface area contributed by atoms with Crippen molar-refractivity contribution in [3.05, 3.63) is 72.3 Å². The lowest BCUT2D eigenvalue weighted by atomic mass is 10.1. The summed E-state index contributed by atoms with van der Waals surface area (Å²) in [4.78, 5) is 29.3. The lowest BCUT2D eigenvalue weighted by molar-refractivity contribution is -0.0287. The highest BCUT2D eigenvalue weighted by Gasteiger charge is 2.39. The van der Waals surface area contributed by atoms with Crippen molar-refractivity contribution in [1.29, 1.82) is 0 Å². The molecule has 0 spiro atoms. The zero-order chi connectivity index (χ0) is 33.4. The molecule has 15 heteroatoms. The van der Waals surface area contributed by atoms with Crippen LogP contribution in [0.3, 0.4) is 0 Å². The molecule has 1 aromatic carbocycles. The van der Waals surface area contributed by atoms with E-state index in [2.05, 4.69) is 21.9 Å². The van der Waals surface area contributed by atoms with Gasteiger partial charge in [0.1, 0.15) is 12.0 Å². The van der Waals surface area contributed by atoms with Crippen molar-refractivity contribution < 1.29 is 29.0 Å². The van der Waals surface area contributed by atoms with Gasteiger partial charge in [-0.2, -0.15) is 0 Å². The van der Waals surface area contributed by atoms with Crippen LogP contribution < -0.4 is 15.8 Å². The first-order valence-corrected chi connectivity index (χ1v) is 17.4. The number of aryl methyl sites for hydroxylation is 1. The number of H-pyrrole nitrogens is 1. The van der Waals surface area contributed by atoms with Crippen molar-refractivity contribution in [2.75, 3.05) is 26.4 Å². The van der Waals surface area contributed by atoms with Crippen LogP contribution in [0.4, 0.5) is 0 Å². The molecule has 2 unspecified atom stereocenters. The number of ether oxygens (including phenoxy) is 2. The topological polar surface area (TPSA) is 167 Å². The highest BCUT2D eigenvalue weighted by Crippen LogP contribution is 2.51. The summed E-state index contributed by atoms with van der Waals surface area (Å²) in [6, 6.07) is 5.46. The molecule has 45 heavy (non-hydrogen) atoms. The standard InChI is InChI=1S/C30H45ClN5O8P/c1-3-4-5-6-7-8-9-10-11-14-17-40-18-19-41-45(39,44-26-16-13-12-15-24(26)31)42-22-27-25(34-35-32)20-28(43-27)36-21-23(2)29(37)33-30(36)38/h12-13,15-16,21,25,27-28H,3-11,14,17-20,22H2,1-2H3,(H,33,37,38)/t25-,27+,28+,45?/m0/s1/i19D/t19?,25-,27+,28+,45?. The summed E-state index contributed by atoms with van der Waals surface area (Å²) >= 11 is 6.21. The van der Waals surface area contributed by atoms with E-state index in [-0.39, 0.29) is 29.4 Å². The lowest BCUT2D eigenvalue weighted by Crippen LogP contribution is -2.33. The second-order valence-electron chi connectivity index (χ2n) is 10.9. The molecule has 2 aromatic rings. The van der Waals surface area contributed by atoms with Crippen molar-refractivity contribution in [2.24, 2.45) is 5.11 Å². The summed E-state index contributed by atoms with van der Waals surface area (Å²) in [7, 11) is -4.51. The normalized spacial score (nSPS) is 20.2. The van der Waals surface area contributed by atoms with E-state index in [1.807, 2.05) is 0 Å². The van der Waals surface area contributed by atoms with E-state index in [1.54, 1.807) is 12.1 Å². The molecule has 0 aliphatic carbocycles. The zero-order valence-electron chi connectivity index (χ0n) is 27.0. The number of nitrogens with zero attached hydrogens (tertiary/aromatic N) is 4. The number of hydrogen-bond donors (Lipinski definition) is 1. The van der Waals surface area contributed by atoms with Gasteiger partial charge in [0, 0.05) is 29.7 Å². The number of benzene rings is 1. The molecule has 1 aromatic heterocycles. The minimum atomic E-state index is -4.51. The van der Waals surface area contributed by atoms with E-state index in [1.165, 1.54) is 74.8 Å². The van der Waals surface area contributed by atoms with Crippen LogP contribution in [0.25, 0.3) is 10.4 Å². The third-order valence-corrected chi connectivity index (χ3v) is 8.94. The Labute approximate surface area is 270 Å². The van der Waals surface area contributed by atoms with Crippen molar-refractivity contribution in [3.8, 4) is 5.75 Å². The molecule has 1 fully saturated rings. The van der Waals surface area contributed by atoms with Crippen molar-refractivity contribution in [1.82, 2.24) is 9.55 Å². The molecule has 0 bridgehead atoms. The number of hydrogen-bond acceptors (Lipinski definition) is 9. The van der Waals surface area contributed by atoms with Gasteiger partial charge in [-0.05, 0) is 31.0 Å². The molecule has 250 valence electrons. The average Bonchev–Trinajstić information content (AvgIpc) is 3.42. The molecule has 0 saturated carbocycles. The molecule has 3 rings (SSSR count). The van der Waals surface area contributed by atoms with E-state index < -0.39 is 50.6 Å². The highest BCUT2D eigenvalue weighted by molar-refractivity contribution is 7.48. The van der Waals surface area contributed by atoms with Crippen molar-refractivity contribution in [3.63, 3.8) is 0 Å². The van der Waals surface area contributed by atoms with Gasteiger partial charge in [0.2, 0.25) is 0 Å². The molecule has 1 aliphatic heterocycles. The quantitative estimate of drug-likeness (QED) is 0.0439. The monoisotopic (exact) mass is 670 g/mol. The van der Waals surface area contributed by atoms with Crippen LogP contribution in [0.1, 0.15) is 90.7 Å². The Morgan fingerprint density at radius 1 is 1.11 bits per heavy atom. The van der Waals surface area contributed by atoms with E-state index in [0.717, 1.165) is 19.3 Å². The summed E-state index contributed by atoms with van der Waals surface area (Å²) < 4.78 is 51.5. The van der Waals surface area contributed by atoms with Gasteiger partial charge in [0.25, 0.3) is 5.56 Å². The number of aromatic nitrogens is 2. The van der Waals surface area contributed by atoms with Gasteiger partial charge in [-0.25, -0.2) is 9.36 Å². The van der Waals surface area contributed by atoms with E-state index >= 15 is 0 Å². The summed E-state index contributed by atoms with van der Waals surface area (Å²) in [5, 5.41) is 3.89. The maximum Gasteiger partial charge on any atom is 0.530 e. The third-order valence-electron chi connectivity index (χ3n) is 7.34. The molecule has 1 saturated heterocycles. The predicted octanol–water partition coefficient (Wildman–Crippen LogP) is 7.62. The first kappa shape index (κ1) is 35.2.